The van der Waals surface area contributed by atoms with Crippen LogP contribution >= 0.6 is 22.9 Å². The number of pyridine rings is 1. The number of hydrogen-bond acceptors (Lipinski definition) is 9. The van der Waals surface area contributed by atoms with Crippen molar-refractivity contribution in [1.82, 2.24) is 29.6 Å². The maximum atomic E-state index is 13.3. The van der Waals surface area contributed by atoms with Gasteiger partial charge in [-0.1, -0.05) is 22.9 Å². The molecule has 10 nitrogen and oxygen atoms in total. The SMILES string of the molecule is CC1(NS(=O)(=O)c2cc(N3CCNCC3)c3c(Cl)nc(-c4nnc(C5(C#N)CC5)s4)n3c2)CC1. The summed E-state index contributed by atoms with van der Waals surface area (Å²) >= 11 is 7.94. The third-order valence-electron chi connectivity index (χ3n) is 6.78. The topological polar surface area (TPSA) is 128 Å². The first kappa shape index (κ1) is 22.2. The average Bonchev–Trinajstić information content (AvgIpc) is 3.68. The summed E-state index contributed by atoms with van der Waals surface area (Å²) in [7, 11) is -3.77. The van der Waals surface area contributed by atoms with E-state index in [9.17, 15) is 13.7 Å². The van der Waals surface area contributed by atoms with Crippen molar-refractivity contribution >= 4 is 44.2 Å². The Hall–Kier alpha value is -2.30. The van der Waals surface area contributed by atoms with Gasteiger partial charge in [-0.2, -0.15) is 5.26 Å². The molecule has 3 aromatic rings. The van der Waals surface area contributed by atoms with Crippen LogP contribution in [0.4, 0.5) is 5.69 Å². The van der Waals surface area contributed by atoms with Crippen molar-refractivity contribution in [2.75, 3.05) is 31.1 Å². The Kier molecular flexibility index (Phi) is 4.96. The van der Waals surface area contributed by atoms with E-state index in [1.807, 2.05) is 6.92 Å². The standard InChI is InChI=1S/C21H23ClN8O2S2/c1-20(2-3-20)28-34(31,32)13-10-14(29-8-6-24-7-9-29)15-16(22)25-17(30(15)11-13)18-26-27-19(33-18)21(12-23)4-5-21/h10-11,24,28H,2-9H2,1H3. The van der Waals surface area contributed by atoms with Gasteiger partial charge in [0.2, 0.25) is 10.0 Å². The van der Waals surface area contributed by atoms with Gasteiger partial charge in [0.25, 0.3) is 0 Å². The molecule has 1 saturated heterocycles. The molecule has 0 aromatic carbocycles. The van der Waals surface area contributed by atoms with E-state index in [1.165, 1.54) is 11.3 Å². The number of nitrogens with zero attached hydrogens (tertiary/aromatic N) is 6. The van der Waals surface area contributed by atoms with Crippen molar-refractivity contribution in [3.63, 3.8) is 0 Å². The molecule has 0 radical (unpaired) electrons. The molecule has 3 aromatic heterocycles. The molecular weight excluding hydrogens is 496 g/mol. The number of sulfonamides is 1. The monoisotopic (exact) mass is 518 g/mol. The minimum Gasteiger partial charge on any atom is -0.367 e. The number of hydrogen-bond donors (Lipinski definition) is 2. The van der Waals surface area contributed by atoms with Gasteiger partial charge >= 0.3 is 0 Å². The van der Waals surface area contributed by atoms with Crippen molar-refractivity contribution in [2.24, 2.45) is 0 Å². The van der Waals surface area contributed by atoms with Gasteiger partial charge in [0, 0.05) is 37.9 Å². The van der Waals surface area contributed by atoms with Crippen molar-refractivity contribution in [1.29, 1.82) is 5.26 Å². The maximum absolute atomic E-state index is 13.3. The van der Waals surface area contributed by atoms with Gasteiger partial charge in [-0.05, 0) is 38.7 Å². The third-order valence-corrected chi connectivity index (χ3v) is 9.78. The second-order valence-corrected chi connectivity index (χ2v) is 12.5. The summed E-state index contributed by atoms with van der Waals surface area (Å²) in [5.74, 6) is 0.420. The second-order valence-electron chi connectivity index (χ2n) is 9.52. The number of nitriles is 1. The minimum atomic E-state index is -3.77. The summed E-state index contributed by atoms with van der Waals surface area (Å²) in [6.07, 6.45) is 4.72. The highest BCUT2D eigenvalue weighted by Gasteiger charge is 2.48. The van der Waals surface area contributed by atoms with Crippen LogP contribution in [0.25, 0.3) is 16.3 Å². The van der Waals surface area contributed by atoms with E-state index in [-0.39, 0.29) is 10.0 Å². The molecule has 3 fully saturated rings. The predicted molar refractivity (Wildman–Crippen MR) is 129 cm³/mol. The average molecular weight is 519 g/mol. The zero-order valence-corrected chi connectivity index (χ0v) is 20.9. The fourth-order valence-corrected chi connectivity index (χ4v) is 7.03. The largest absolute Gasteiger partial charge is 0.367 e. The molecule has 13 heteroatoms. The van der Waals surface area contributed by atoms with Crippen LogP contribution in [0, 0.1) is 11.3 Å². The number of fused-ring (bicyclic) bond motifs is 1. The molecule has 2 saturated carbocycles. The van der Waals surface area contributed by atoms with Gasteiger partial charge in [-0.25, -0.2) is 18.1 Å². The van der Waals surface area contributed by atoms with E-state index in [4.69, 9.17) is 11.6 Å². The Morgan fingerprint density at radius 1 is 1.24 bits per heavy atom. The Labute approximate surface area is 206 Å². The van der Waals surface area contributed by atoms with Gasteiger partial charge in [0.15, 0.2) is 16.0 Å². The van der Waals surface area contributed by atoms with Crippen LogP contribution < -0.4 is 14.9 Å². The number of nitrogens with one attached hydrogen (secondary N) is 2. The molecule has 4 heterocycles. The van der Waals surface area contributed by atoms with Gasteiger partial charge in [0.05, 0.1) is 11.8 Å². The molecule has 2 aliphatic carbocycles. The second kappa shape index (κ2) is 7.60. The van der Waals surface area contributed by atoms with Crippen molar-refractivity contribution in [2.45, 2.75) is 48.5 Å². The summed E-state index contributed by atoms with van der Waals surface area (Å²) in [6.45, 7) is 4.91. The van der Waals surface area contributed by atoms with E-state index < -0.39 is 21.0 Å². The number of imidazole rings is 1. The number of aromatic nitrogens is 4. The summed E-state index contributed by atoms with van der Waals surface area (Å²) in [5, 5.41) is 22.8. The highest BCUT2D eigenvalue weighted by Crippen LogP contribution is 2.49. The van der Waals surface area contributed by atoms with Gasteiger partial charge in [-0.15, -0.1) is 10.2 Å². The zero-order valence-electron chi connectivity index (χ0n) is 18.5. The lowest BCUT2D eigenvalue weighted by atomic mass is 10.1. The molecular formula is C21H23ClN8O2S2. The third kappa shape index (κ3) is 3.67. The van der Waals surface area contributed by atoms with Crippen molar-refractivity contribution < 1.29 is 8.42 Å². The molecule has 6 rings (SSSR count). The lowest BCUT2D eigenvalue weighted by Crippen LogP contribution is -2.43. The van der Waals surface area contributed by atoms with E-state index in [1.54, 1.807) is 16.7 Å². The summed E-state index contributed by atoms with van der Waals surface area (Å²) in [6, 6.07) is 4.03. The Morgan fingerprint density at radius 3 is 2.62 bits per heavy atom. The molecule has 2 N–H and O–H groups in total. The van der Waals surface area contributed by atoms with Crippen LogP contribution in [0.3, 0.4) is 0 Å². The lowest BCUT2D eigenvalue weighted by Gasteiger charge is -2.30. The minimum absolute atomic E-state index is 0.150. The maximum Gasteiger partial charge on any atom is 0.242 e. The molecule has 34 heavy (non-hydrogen) atoms. The predicted octanol–water partition coefficient (Wildman–Crippen LogP) is 2.30. The molecule has 0 unspecified atom stereocenters. The summed E-state index contributed by atoms with van der Waals surface area (Å²) in [4.78, 5) is 6.84. The number of halogens is 1. The van der Waals surface area contributed by atoms with Crippen LogP contribution in [0.1, 0.15) is 37.6 Å². The first-order valence-electron chi connectivity index (χ1n) is 11.2. The Balaban J connectivity index is 1.52. The van der Waals surface area contributed by atoms with Crippen LogP contribution in [-0.4, -0.2) is 59.7 Å². The van der Waals surface area contributed by atoms with E-state index in [2.05, 4.69) is 36.2 Å². The first-order chi connectivity index (χ1) is 16.2. The van der Waals surface area contributed by atoms with Crippen LogP contribution in [0.2, 0.25) is 5.15 Å². The van der Waals surface area contributed by atoms with Crippen LogP contribution in [-0.2, 0) is 15.4 Å². The highest BCUT2D eigenvalue weighted by atomic mass is 35.5. The van der Waals surface area contributed by atoms with Crippen molar-refractivity contribution in [3.05, 3.63) is 22.4 Å². The highest BCUT2D eigenvalue weighted by molar-refractivity contribution is 7.89. The molecule has 0 spiro atoms. The normalized spacial score (nSPS) is 20.9. The Bertz CT molecular complexity index is 1440. The summed E-state index contributed by atoms with van der Waals surface area (Å²) in [5.41, 5.74) is 0.391. The Morgan fingerprint density at radius 2 is 1.97 bits per heavy atom. The molecule has 178 valence electrons. The molecule has 3 aliphatic rings. The quantitative estimate of drug-likeness (QED) is 0.508. The van der Waals surface area contributed by atoms with Gasteiger partial charge in [-0.3, -0.25) is 4.40 Å². The van der Waals surface area contributed by atoms with Gasteiger partial charge in [0.1, 0.15) is 20.8 Å². The van der Waals surface area contributed by atoms with E-state index in [0.29, 0.717) is 21.4 Å². The first-order valence-corrected chi connectivity index (χ1v) is 13.9. The number of piperazine rings is 1. The van der Waals surface area contributed by atoms with E-state index in [0.717, 1.165) is 57.5 Å². The molecule has 1 aliphatic heterocycles. The summed E-state index contributed by atoms with van der Waals surface area (Å²) < 4.78 is 31.2. The van der Waals surface area contributed by atoms with Gasteiger partial charge < -0.3 is 10.2 Å². The van der Waals surface area contributed by atoms with Crippen LogP contribution in [0.5, 0.6) is 0 Å². The fourth-order valence-electron chi connectivity index (χ4n) is 4.25. The lowest BCUT2D eigenvalue weighted by molar-refractivity contribution is 0.557. The molecule has 0 amide bonds. The zero-order chi connectivity index (χ0) is 23.7. The number of rotatable bonds is 6. The van der Waals surface area contributed by atoms with E-state index >= 15 is 0 Å². The smallest absolute Gasteiger partial charge is 0.242 e. The number of anilines is 1. The molecule has 0 bridgehead atoms. The fraction of sp³-hybridized carbons (Fsp3) is 0.524. The van der Waals surface area contributed by atoms with Crippen LogP contribution in [0.15, 0.2) is 17.2 Å². The van der Waals surface area contributed by atoms with Crippen molar-refractivity contribution in [3.8, 4) is 16.9 Å². The molecule has 0 atom stereocenters.